The second kappa shape index (κ2) is 5.00. The molecule has 0 unspecified atom stereocenters. The van der Waals surface area contributed by atoms with Crippen LogP contribution < -0.4 is 10.6 Å². The summed E-state index contributed by atoms with van der Waals surface area (Å²) >= 11 is 4.95. The maximum absolute atomic E-state index is 12.7. The molecule has 0 amide bonds. The molecular formula is C13H15F3N2S. The van der Waals surface area contributed by atoms with Gasteiger partial charge in [-0.05, 0) is 31.9 Å². The predicted octanol–water partition coefficient (Wildman–Crippen LogP) is 3.16. The highest BCUT2D eigenvalue weighted by Crippen LogP contribution is 2.36. The Labute approximate surface area is 115 Å². The van der Waals surface area contributed by atoms with Crippen LogP contribution in [0.3, 0.4) is 0 Å². The minimum Gasteiger partial charge on any atom is -0.389 e. The lowest BCUT2D eigenvalue weighted by atomic mass is 10.1. The van der Waals surface area contributed by atoms with Crippen molar-refractivity contribution in [1.82, 2.24) is 0 Å². The number of hydrogen-bond donors (Lipinski definition) is 1. The van der Waals surface area contributed by atoms with E-state index in [9.17, 15) is 13.2 Å². The first-order valence-corrected chi connectivity index (χ1v) is 6.42. The van der Waals surface area contributed by atoms with Gasteiger partial charge in [0.1, 0.15) is 11.5 Å². The third-order valence-electron chi connectivity index (χ3n) is 3.06. The van der Waals surface area contributed by atoms with Crippen LogP contribution in [0.25, 0.3) is 0 Å². The van der Waals surface area contributed by atoms with Crippen LogP contribution in [0, 0.1) is 6.92 Å². The van der Waals surface area contributed by atoms with Crippen molar-refractivity contribution < 1.29 is 13.2 Å². The van der Waals surface area contributed by atoms with Crippen LogP contribution in [0.4, 0.5) is 18.9 Å². The number of halogens is 3. The van der Waals surface area contributed by atoms with Crippen molar-refractivity contribution in [2.45, 2.75) is 32.0 Å². The molecule has 0 atom stereocenters. The van der Waals surface area contributed by atoms with Gasteiger partial charge in [0.15, 0.2) is 0 Å². The molecule has 2 rings (SSSR count). The summed E-state index contributed by atoms with van der Waals surface area (Å²) in [7, 11) is 0. The average molecular weight is 288 g/mol. The molecule has 104 valence electrons. The van der Waals surface area contributed by atoms with Crippen LogP contribution in [0.2, 0.25) is 0 Å². The minimum absolute atomic E-state index is 0.0579. The molecule has 1 aliphatic carbocycles. The number of rotatable bonds is 4. The van der Waals surface area contributed by atoms with Gasteiger partial charge in [-0.15, -0.1) is 0 Å². The van der Waals surface area contributed by atoms with Crippen LogP contribution in [-0.2, 0) is 0 Å². The first kappa shape index (κ1) is 14.1. The lowest BCUT2D eigenvalue weighted by Crippen LogP contribution is -2.37. The van der Waals surface area contributed by atoms with Crippen LogP contribution in [0.1, 0.15) is 24.0 Å². The highest BCUT2D eigenvalue weighted by atomic mass is 32.1. The number of hydrogen-bond acceptors (Lipinski definition) is 2. The fourth-order valence-electron chi connectivity index (χ4n) is 2.09. The monoisotopic (exact) mass is 288 g/mol. The average Bonchev–Trinajstić information content (AvgIpc) is 3.08. The molecule has 1 aromatic carbocycles. The fraction of sp³-hybridized carbons (Fsp3) is 0.462. The predicted molar refractivity (Wildman–Crippen MR) is 73.5 cm³/mol. The van der Waals surface area contributed by atoms with E-state index < -0.39 is 12.7 Å². The highest BCUT2D eigenvalue weighted by molar-refractivity contribution is 7.80. The third-order valence-corrected chi connectivity index (χ3v) is 3.28. The van der Waals surface area contributed by atoms with Gasteiger partial charge < -0.3 is 10.6 Å². The Bertz CT molecular complexity index is 495. The molecule has 0 spiro atoms. The number of aryl methyl sites for hydroxylation is 1. The van der Waals surface area contributed by atoms with Crippen molar-refractivity contribution in [2.75, 3.05) is 11.4 Å². The summed E-state index contributed by atoms with van der Waals surface area (Å²) in [4.78, 5) is 1.50. The van der Waals surface area contributed by atoms with Crippen molar-refractivity contribution in [2.24, 2.45) is 5.73 Å². The van der Waals surface area contributed by atoms with Crippen molar-refractivity contribution in [3.63, 3.8) is 0 Å². The van der Waals surface area contributed by atoms with Gasteiger partial charge in [-0.3, -0.25) is 0 Å². The maximum atomic E-state index is 12.7. The van der Waals surface area contributed by atoms with Gasteiger partial charge in [-0.1, -0.05) is 23.8 Å². The topological polar surface area (TPSA) is 29.3 Å². The quantitative estimate of drug-likeness (QED) is 0.863. The van der Waals surface area contributed by atoms with E-state index in [1.807, 2.05) is 6.92 Å². The fourth-order valence-corrected chi connectivity index (χ4v) is 2.25. The second-order valence-electron chi connectivity index (χ2n) is 4.86. The molecular weight excluding hydrogens is 273 g/mol. The molecule has 0 aromatic heterocycles. The van der Waals surface area contributed by atoms with Crippen molar-refractivity contribution in [1.29, 1.82) is 0 Å². The van der Waals surface area contributed by atoms with E-state index in [4.69, 9.17) is 18.0 Å². The Balaban J connectivity index is 2.39. The molecule has 0 radical (unpaired) electrons. The van der Waals surface area contributed by atoms with Crippen molar-refractivity contribution >= 4 is 22.9 Å². The van der Waals surface area contributed by atoms with E-state index in [1.54, 1.807) is 18.2 Å². The lowest BCUT2D eigenvalue weighted by molar-refractivity contribution is -0.120. The molecule has 0 saturated heterocycles. The van der Waals surface area contributed by atoms with Gasteiger partial charge >= 0.3 is 6.18 Å². The molecule has 1 saturated carbocycles. The van der Waals surface area contributed by atoms with E-state index in [0.717, 1.165) is 18.4 Å². The first-order valence-electron chi connectivity index (χ1n) is 6.02. The zero-order valence-corrected chi connectivity index (χ0v) is 11.3. The zero-order chi connectivity index (χ0) is 14.2. The summed E-state index contributed by atoms with van der Waals surface area (Å²) in [5.74, 6) is 0. The maximum Gasteiger partial charge on any atom is 0.405 e. The number of nitrogens with two attached hydrogens (primary N) is 1. The summed E-state index contributed by atoms with van der Waals surface area (Å²) in [5, 5.41) is 0. The van der Waals surface area contributed by atoms with E-state index in [1.165, 1.54) is 4.90 Å². The Hall–Kier alpha value is -1.30. The van der Waals surface area contributed by atoms with Gasteiger partial charge in [-0.25, -0.2) is 0 Å². The SMILES string of the molecule is Cc1ccc(N(CC(F)(F)F)C2CC2)c(C(N)=S)c1. The summed E-state index contributed by atoms with van der Waals surface area (Å²) in [6, 6.07) is 5.14. The number of thiocarbonyl (C=S) groups is 1. The standard InChI is InChI=1S/C13H15F3N2S/c1-8-2-5-11(10(6-8)12(17)19)18(9-3-4-9)7-13(14,15)16/h2,5-6,9H,3-4,7H2,1H3,(H2,17,19). The number of anilines is 1. The highest BCUT2D eigenvalue weighted by Gasteiger charge is 2.39. The Morgan fingerprint density at radius 1 is 1.42 bits per heavy atom. The number of alkyl halides is 3. The number of nitrogens with zero attached hydrogens (tertiary/aromatic N) is 1. The summed E-state index contributed by atoms with van der Waals surface area (Å²) in [6.45, 7) is 0.896. The molecule has 1 aromatic rings. The minimum atomic E-state index is -4.24. The van der Waals surface area contributed by atoms with Gasteiger partial charge in [0.25, 0.3) is 0 Å². The summed E-state index contributed by atoms with van der Waals surface area (Å²) in [6.07, 6.45) is -2.68. The molecule has 19 heavy (non-hydrogen) atoms. The molecule has 0 aliphatic heterocycles. The van der Waals surface area contributed by atoms with E-state index in [-0.39, 0.29) is 11.0 Å². The van der Waals surface area contributed by atoms with E-state index in [0.29, 0.717) is 11.3 Å². The summed E-state index contributed by atoms with van der Waals surface area (Å²) < 4.78 is 38.1. The Morgan fingerprint density at radius 2 is 2.05 bits per heavy atom. The second-order valence-corrected chi connectivity index (χ2v) is 5.30. The van der Waals surface area contributed by atoms with Gasteiger partial charge in [0.2, 0.25) is 0 Å². The van der Waals surface area contributed by atoms with Gasteiger partial charge in [-0.2, -0.15) is 13.2 Å². The van der Waals surface area contributed by atoms with Gasteiger partial charge in [0, 0.05) is 17.3 Å². The molecule has 1 fully saturated rings. The molecule has 2 N–H and O–H groups in total. The normalized spacial score (nSPS) is 15.4. The van der Waals surface area contributed by atoms with Crippen LogP contribution >= 0.6 is 12.2 Å². The first-order chi connectivity index (χ1) is 8.78. The third kappa shape index (κ3) is 3.59. The van der Waals surface area contributed by atoms with Crippen molar-refractivity contribution in [3.8, 4) is 0 Å². The molecule has 0 heterocycles. The molecule has 0 bridgehead atoms. The van der Waals surface area contributed by atoms with Crippen LogP contribution in [-0.4, -0.2) is 23.8 Å². The van der Waals surface area contributed by atoms with Gasteiger partial charge in [0.05, 0.1) is 0 Å². The summed E-state index contributed by atoms with van der Waals surface area (Å²) in [5.41, 5.74) is 7.56. The van der Waals surface area contributed by atoms with Crippen LogP contribution in [0.5, 0.6) is 0 Å². The lowest BCUT2D eigenvalue weighted by Gasteiger charge is -2.28. The Morgan fingerprint density at radius 3 is 2.53 bits per heavy atom. The largest absolute Gasteiger partial charge is 0.405 e. The zero-order valence-electron chi connectivity index (χ0n) is 10.5. The van der Waals surface area contributed by atoms with E-state index >= 15 is 0 Å². The van der Waals surface area contributed by atoms with Crippen LogP contribution in [0.15, 0.2) is 18.2 Å². The van der Waals surface area contributed by atoms with Crippen molar-refractivity contribution in [3.05, 3.63) is 29.3 Å². The molecule has 1 aliphatic rings. The molecule has 2 nitrogen and oxygen atoms in total. The smallest absolute Gasteiger partial charge is 0.389 e. The molecule has 6 heteroatoms. The Kier molecular flexibility index (Phi) is 3.71. The number of benzene rings is 1. The van der Waals surface area contributed by atoms with E-state index in [2.05, 4.69) is 0 Å².